The molecule has 2 nitrogen and oxygen atoms in total. The van der Waals surface area contributed by atoms with Crippen molar-refractivity contribution in [3.8, 4) is 0 Å². The van der Waals surface area contributed by atoms with Crippen molar-refractivity contribution in [1.82, 2.24) is 10.2 Å². The molecule has 106 valence electrons. The van der Waals surface area contributed by atoms with Crippen molar-refractivity contribution in [3.63, 3.8) is 0 Å². The Morgan fingerprint density at radius 2 is 2.16 bits per heavy atom. The molecule has 0 saturated carbocycles. The molecule has 6 heteroatoms. The van der Waals surface area contributed by atoms with Gasteiger partial charge in [-0.25, -0.2) is 0 Å². The second kappa shape index (κ2) is 5.69. The zero-order valence-corrected chi connectivity index (χ0v) is 11.4. The van der Waals surface area contributed by atoms with Crippen LogP contribution in [0.25, 0.3) is 0 Å². The molecule has 1 saturated heterocycles. The fourth-order valence-corrected chi connectivity index (χ4v) is 2.55. The summed E-state index contributed by atoms with van der Waals surface area (Å²) in [5.41, 5.74) is -0.223. The summed E-state index contributed by atoms with van der Waals surface area (Å²) in [5.74, 6) is 0. The Morgan fingerprint density at radius 3 is 2.79 bits per heavy atom. The van der Waals surface area contributed by atoms with Gasteiger partial charge in [-0.15, -0.1) is 0 Å². The molecule has 19 heavy (non-hydrogen) atoms. The minimum absolute atomic E-state index is 0.180. The lowest BCUT2D eigenvalue weighted by atomic mass is 10.1. The van der Waals surface area contributed by atoms with Gasteiger partial charge in [0.2, 0.25) is 0 Å². The van der Waals surface area contributed by atoms with E-state index in [0.29, 0.717) is 18.2 Å². The van der Waals surface area contributed by atoms with E-state index >= 15 is 0 Å². The second-order valence-corrected chi connectivity index (χ2v) is 5.18. The standard InChI is InChI=1S/C13H16ClF3N2/c1-9-7-18-5-6-19(9)8-10-3-2-4-11(12(10)14)13(15,16)17/h2-4,9,18H,5-8H2,1H3/t9-/m1/s1. The maximum Gasteiger partial charge on any atom is 0.417 e. The molecule has 1 heterocycles. The fourth-order valence-electron chi connectivity index (χ4n) is 2.26. The first-order valence-corrected chi connectivity index (χ1v) is 6.56. The predicted octanol–water partition coefficient (Wildman–Crippen LogP) is 3.15. The monoisotopic (exact) mass is 292 g/mol. The van der Waals surface area contributed by atoms with Crippen LogP contribution in [0.2, 0.25) is 5.02 Å². The van der Waals surface area contributed by atoms with E-state index in [9.17, 15) is 13.2 Å². The Morgan fingerprint density at radius 1 is 1.42 bits per heavy atom. The van der Waals surface area contributed by atoms with Crippen LogP contribution in [0.1, 0.15) is 18.1 Å². The minimum Gasteiger partial charge on any atom is -0.314 e. The number of halogens is 4. The third-order valence-electron chi connectivity index (χ3n) is 3.40. The summed E-state index contributed by atoms with van der Waals surface area (Å²) in [6.45, 7) is 5.00. The molecule has 1 aromatic carbocycles. The number of benzene rings is 1. The molecular weight excluding hydrogens is 277 g/mol. The number of nitrogens with zero attached hydrogens (tertiary/aromatic N) is 1. The molecule has 0 aliphatic carbocycles. The summed E-state index contributed by atoms with van der Waals surface area (Å²) in [6.07, 6.45) is -4.40. The van der Waals surface area contributed by atoms with Gasteiger partial charge in [0.15, 0.2) is 0 Å². The van der Waals surface area contributed by atoms with Crippen LogP contribution in [0.3, 0.4) is 0 Å². The van der Waals surface area contributed by atoms with Crippen molar-refractivity contribution in [2.45, 2.75) is 25.7 Å². The highest BCUT2D eigenvalue weighted by molar-refractivity contribution is 6.32. The van der Waals surface area contributed by atoms with Gasteiger partial charge in [0.25, 0.3) is 0 Å². The van der Waals surface area contributed by atoms with Crippen molar-refractivity contribution < 1.29 is 13.2 Å². The van der Waals surface area contributed by atoms with Crippen LogP contribution in [0.4, 0.5) is 13.2 Å². The highest BCUT2D eigenvalue weighted by atomic mass is 35.5. The summed E-state index contributed by atoms with van der Waals surface area (Å²) < 4.78 is 38.3. The summed E-state index contributed by atoms with van der Waals surface area (Å²) >= 11 is 5.90. The van der Waals surface area contributed by atoms with Crippen LogP contribution in [0.15, 0.2) is 18.2 Å². The largest absolute Gasteiger partial charge is 0.417 e. The average Bonchev–Trinajstić information content (AvgIpc) is 2.33. The highest BCUT2D eigenvalue weighted by Crippen LogP contribution is 2.36. The predicted molar refractivity (Wildman–Crippen MR) is 69.2 cm³/mol. The Kier molecular flexibility index (Phi) is 4.38. The first-order valence-electron chi connectivity index (χ1n) is 6.19. The third kappa shape index (κ3) is 3.41. The van der Waals surface area contributed by atoms with Gasteiger partial charge in [-0.05, 0) is 18.6 Å². The molecular formula is C13H16ClF3N2. The van der Waals surface area contributed by atoms with Gasteiger partial charge in [0.1, 0.15) is 0 Å². The molecule has 1 N–H and O–H groups in total. The smallest absolute Gasteiger partial charge is 0.314 e. The van der Waals surface area contributed by atoms with E-state index < -0.39 is 11.7 Å². The van der Waals surface area contributed by atoms with Gasteiger partial charge in [0, 0.05) is 32.2 Å². The van der Waals surface area contributed by atoms with Crippen LogP contribution < -0.4 is 5.32 Å². The van der Waals surface area contributed by atoms with E-state index in [1.807, 2.05) is 6.92 Å². The van der Waals surface area contributed by atoms with Crippen molar-refractivity contribution >= 4 is 11.6 Å². The van der Waals surface area contributed by atoms with E-state index in [1.54, 1.807) is 6.07 Å². The second-order valence-electron chi connectivity index (χ2n) is 4.80. The Labute approximate surface area is 115 Å². The molecule has 0 radical (unpaired) electrons. The maximum absolute atomic E-state index is 12.8. The Bertz CT molecular complexity index is 448. The van der Waals surface area contributed by atoms with Gasteiger partial charge in [-0.3, -0.25) is 4.90 Å². The van der Waals surface area contributed by atoms with Crippen LogP contribution in [-0.2, 0) is 12.7 Å². The molecule has 0 spiro atoms. The molecule has 1 atom stereocenters. The molecule has 0 bridgehead atoms. The minimum atomic E-state index is -4.40. The van der Waals surface area contributed by atoms with Gasteiger partial charge < -0.3 is 5.32 Å². The molecule has 0 amide bonds. The quantitative estimate of drug-likeness (QED) is 0.901. The summed E-state index contributed by atoms with van der Waals surface area (Å²) in [7, 11) is 0. The summed E-state index contributed by atoms with van der Waals surface area (Å²) in [4.78, 5) is 2.14. The van der Waals surface area contributed by atoms with Crippen molar-refractivity contribution in [1.29, 1.82) is 0 Å². The van der Waals surface area contributed by atoms with Gasteiger partial charge in [-0.1, -0.05) is 23.7 Å². The first kappa shape index (κ1) is 14.6. The number of piperazine rings is 1. The third-order valence-corrected chi connectivity index (χ3v) is 3.84. The lowest BCUT2D eigenvalue weighted by molar-refractivity contribution is -0.137. The fraction of sp³-hybridized carbons (Fsp3) is 0.538. The van der Waals surface area contributed by atoms with Crippen LogP contribution in [0.5, 0.6) is 0 Å². The highest BCUT2D eigenvalue weighted by Gasteiger charge is 2.34. The van der Waals surface area contributed by atoms with Gasteiger partial charge in [0.05, 0.1) is 10.6 Å². The maximum atomic E-state index is 12.8. The SMILES string of the molecule is C[C@@H]1CNCCN1Cc1cccc(C(F)(F)F)c1Cl. The molecule has 0 aromatic heterocycles. The van der Waals surface area contributed by atoms with Gasteiger partial charge in [-0.2, -0.15) is 13.2 Å². The number of nitrogens with one attached hydrogen (secondary N) is 1. The van der Waals surface area contributed by atoms with E-state index in [4.69, 9.17) is 11.6 Å². The first-order chi connectivity index (χ1) is 8.89. The molecule has 2 rings (SSSR count). The molecule has 0 unspecified atom stereocenters. The summed E-state index contributed by atoms with van der Waals surface area (Å²) in [6, 6.07) is 4.38. The number of rotatable bonds is 2. The molecule has 1 aromatic rings. The molecule has 1 aliphatic rings. The average molecular weight is 293 g/mol. The molecule has 1 fully saturated rings. The van der Waals surface area contributed by atoms with Crippen molar-refractivity contribution in [2.24, 2.45) is 0 Å². The summed E-state index contributed by atoms with van der Waals surface area (Å²) in [5, 5.41) is 3.07. The Hall–Kier alpha value is -0.780. The van der Waals surface area contributed by atoms with Crippen molar-refractivity contribution in [3.05, 3.63) is 34.3 Å². The Balaban J connectivity index is 2.21. The van der Waals surface area contributed by atoms with Crippen LogP contribution in [-0.4, -0.2) is 30.6 Å². The number of alkyl halides is 3. The lowest BCUT2D eigenvalue weighted by Gasteiger charge is -2.34. The number of hydrogen-bond donors (Lipinski definition) is 1. The van der Waals surface area contributed by atoms with Crippen LogP contribution >= 0.6 is 11.6 Å². The zero-order valence-electron chi connectivity index (χ0n) is 10.6. The van der Waals surface area contributed by atoms with Crippen LogP contribution in [0, 0.1) is 0 Å². The molecule has 1 aliphatic heterocycles. The van der Waals surface area contributed by atoms with E-state index in [-0.39, 0.29) is 5.02 Å². The normalized spacial score (nSPS) is 21.6. The van der Waals surface area contributed by atoms with Crippen molar-refractivity contribution in [2.75, 3.05) is 19.6 Å². The van der Waals surface area contributed by atoms with E-state index in [2.05, 4.69) is 10.2 Å². The zero-order chi connectivity index (χ0) is 14.0. The topological polar surface area (TPSA) is 15.3 Å². The van der Waals surface area contributed by atoms with E-state index in [0.717, 1.165) is 25.7 Å². The number of hydrogen-bond acceptors (Lipinski definition) is 2. The van der Waals surface area contributed by atoms with Gasteiger partial charge >= 0.3 is 6.18 Å². The van der Waals surface area contributed by atoms with E-state index in [1.165, 1.54) is 6.07 Å². The lowest BCUT2D eigenvalue weighted by Crippen LogP contribution is -2.49.